The molecule has 5 nitrogen and oxygen atoms in total. The van der Waals surface area contributed by atoms with Gasteiger partial charge in [0.2, 0.25) is 0 Å². The summed E-state index contributed by atoms with van der Waals surface area (Å²) in [4.78, 5) is 8.30. The number of nitrogens with two attached hydrogens (primary N) is 1. The lowest BCUT2D eigenvalue weighted by Gasteiger charge is -2.03. The Balaban J connectivity index is 2.57. The third kappa shape index (κ3) is 1.44. The Morgan fingerprint density at radius 2 is 2.14 bits per heavy atom. The minimum Gasteiger partial charge on any atom is -0.384 e. The Morgan fingerprint density at radius 3 is 2.71 bits per heavy atom. The molecule has 0 bridgehead atoms. The maximum absolute atomic E-state index is 5.63. The first-order chi connectivity index (χ1) is 6.66. The Labute approximate surface area is 81.6 Å². The summed E-state index contributed by atoms with van der Waals surface area (Å²) in [6.07, 6.45) is 1.73. The smallest absolute Gasteiger partial charge is 0.128 e. The maximum atomic E-state index is 5.63. The second-order valence-electron chi connectivity index (χ2n) is 3.07. The Kier molecular flexibility index (Phi) is 1.92. The van der Waals surface area contributed by atoms with Gasteiger partial charge in [-0.25, -0.2) is 9.97 Å². The summed E-state index contributed by atoms with van der Waals surface area (Å²) in [6.45, 7) is 1.82. The standard InChI is InChI=1S/C9H11N5/c1-6-12-7(5-9(10)13-6)8-3-4-11-14(8)2/h3-5H,1-2H3,(H2,10,12,13). The van der Waals surface area contributed by atoms with Crippen LogP contribution in [0.4, 0.5) is 5.82 Å². The molecule has 0 amide bonds. The molecule has 5 heteroatoms. The van der Waals surface area contributed by atoms with E-state index >= 15 is 0 Å². The molecule has 2 N–H and O–H groups in total. The van der Waals surface area contributed by atoms with Crippen molar-refractivity contribution in [1.82, 2.24) is 19.7 Å². The zero-order valence-electron chi connectivity index (χ0n) is 8.10. The predicted molar refractivity (Wildman–Crippen MR) is 53.4 cm³/mol. The largest absolute Gasteiger partial charge is 0.384 e. The lowest BCUT2D eigenvalue weighted by Crippen LogP contribution is -2.00. The van der Waals surface area contributed by atoms with Gasteiger partial charge in [-0.2, -0.15) is 5.10 Å². The van der Waals surface area contributed by atoms with Gasteiger partial charge in [-0.15, -0.1) is 0 Å². The van der Waals surface area contributed by atoms with Crippen LogP contribution in [0.25, 0.3) is 11.4 Å². The number of aryl methyl sites for hydroxylation is 2. The van der Waals surface area contributed by atoms with E-state index in [0.717, 1.165) is 11.4 Å². The molecule has 0 aliphatic carbocycles. The van der Waals surface area contributed by atoms with E-state index in [2.05, 4.69) is 15.1 Å². The summed E-state index contributed by atoms with van der Waals surface area (Å²) in [6, 6.07) is 3.63. The van der Waals surface area contributed by atoms with Gasteiger partial charge < -0.3 is 5.73 Å². The SMILES string of the molecule is Cc1nc(N)cc(-c2ccnn2C)n1. The minimum atomic E-state index is 0.480. The molecule has 2 aromatic rings. The van der Waals surface area contributed by atoms with Crippen molar-refractivity contribution >= 4 is 5.82 Å². The number of hydrogen-bond acceptors (Lipinski definition) is 4. The molecule has 0 aliphatic rings. The van der Waals surface area contributed by atoms with Gasteiger partial charge >= 0.3 is 0 Å². The molecule has 2 rings (SSSR count). The first kappa shape index (κ1) is 8.68. The highest BCUT2D eigenvalue weighted by Crippen LogP contribution is 2.16. The van der Waals surface area contributed by atoms with E-state index in [-0.39, 0.29) is 0 Å². The average Bonchev–Trinajstić information content (AvgIpc) is 2.49. The molecule has 2 heterocycles. The molecule has 0 atom stereocenters. The Morgan fingerprint density at radius 1 is 1.36 bits per heavy atom. The summed E-state index contributed by atoms with van der Waals surface area (Å²) in [5.74, 6) is 1.15. The fourth-order valence-electron chi connectivity index (χ4n) is 1.35. The molecule has 14 heavy (non-hydrogen) atoms. The number of nitrogens with zero attached hydrogens (tertiary/aromatic N) is 4. The highest BCUT2D eigenvalue weighted by atomic mass is 15.3. The van der Waals surface area contributed by atoms with Gasteiger partial charge in [0.25, 0.3) is 0 Å². The van der Waals surface area contributed by atoms with Gasteiger partial charge in [0.1, 0.15) is 11.6 Å². The molecule has 0 fully saturated rings. The van der Waals surface area contributed by atoms with Crippen LogP contribution in [0, 0.1) is 6.92 Å². The number of nitrogen functional groups attached to an aromatic ring is 1. The summed E-state index contributed by atoms with van der Waals surface area (Å²) >= 11 is 0. The van der Waals surface area contributed by atoms with Crippen LogP contribution in [0.5, 0.6) is 0 Å². The summed E-state index contributed by atoms with van der Waals surface area (Å²) in [5, 5.41) is 4.07. The summed E-state index contributed by atoms with van der Waals surface area (Å²) in [5.41, 5.74) is 7.37. The summed E-state index contributed by atoms with van der Waals surface area (Å²) < 4.78 is 1.75. The molecule has 0 radical (unpaired) electrons. The highest BCUT2D eigenvalue weighted by Gasteiger charge is 2.05. The van der Waals surface area contributed by atoms with Crippen LogP contribution in [-0.4, -0.2) is 19.7 Å². The van der Waals surface area contributed by atoms with Crippen molar-refractivity contribution in [3.63, 3.8) is 0 Å². The first-order valence-corrected chi connectivity index (χ1v) is 4.26. The molecular formula is C9H11N5. The van der Waals surface area contributed by atoms with Gasteiger partial charge in [-0.05, 0) is 13.0 Å². The Bertz CT molecular complexity index is 440. The summed E-state index contributed by atoms with van der Waals surface area (Å²) in [7, 11) is 1.86. The van der Waals surface area contributed by atoms with E-state index < -0.39 is 0 Å². The minimum absolute atomic E-state index is 0.480. The lowest BCUT2D eigenvalue weighted by atomic mass is 10.3. The second-order valence-corrected chi connectivity index (χ2v) is 3.07. The maximum Gasteiger partial charge on any atom is 0.128 e. The van der Waals surface area contributed by atoms with E-state index in [4.69, 9.17) is 5.73 Å². The second kappa shape index (κ2) is 3.10. The van der Waals surface area contributed by atoms with Crippen molar-refractivity contribution in [2.24, 2.45) is 7.05 Å². The predicted octanol–water partition coefficient (Wildman–Crippen LogP) is 0.768. The topological polar surface area (TPSA) is 69.6 Å². The number of hydrogen-bond donors (Lipinski definition) is 1. The first-order valence-electron chi connectivity index (χ1n) is 4.26. The van der Waals surface area contributed by atoms with Crippen LogP contribution < -0.4 is 5.73 Å². The van der Waals surface area contributed by atoms with Crippen LogP contribution in [-0.2, 0) is 7.05 Å². The van der Waals surface area contributed by atoms with Crippen molar-refractivity contribution in [2.45, 2.75) is 6.92 Å². The van der Waals surface area contributed by atoms with E-state index in [1.807, 2.05) is 20.0 Å². The van der Waals surface area contributed by atoms with Gasteiger partial charge in [0, 0.05) is 19.3 Å². The number of rotatable bonds is 1. The van der Waals surface area contributed by atoms with E-state index in [9.17, 15) is 0 Å². The van der Waals surface area contributed by atoms with Gasteiger partial charge in [0.05, 0.1) is 11.4 Å². The Hall–Kier alpha value is -1.91. The van der Waals surface area contributed by atoms with Crippen molar-refractivity contribution in [3.8, 4) is 11.4 Å². The lowest BCUT2D eigenvalue weighted by molar-refractivity contribution is 0.772. The van der Waals surface area contributed by atoms with Crippen LogP contribution in [0.1, 0.15) is 5.82 Å². The molecule has 0 unspecified atom stereocenters. The van der Waals surface area contributed by atoms with Crippen molar-refractivity contribution in [3.05, 3.63) is 24.2 Å². The van der Waals surface area contributed by atoms with Crippen molar-refractivity contribution in [1.29, 1.82) is 0 Å². The fraction of sp³-hybridized carbons (Fsp3) is 0.222. The highest BCUT2D eigenvalue weighted by molar-refractivity contribution is 5.57. The third-order valence-corrected chi connectivity index (χ3v) is 1.94. The number of anilines is 1. The van der Waals surface area contributed by atoms with Gasteiger partial charge in [0.15, 0.2) is 0 Å². The molecular weight excluding hydrogens is 178 g/mol. The normalized spacial score (nSPS) is 10.4. The number of aromatic nitrogens is 4. The van der Waals surface area contributed by atoms with Crippen LogP contribution >= 0.6 is 0 Å². The van der Waals surface area contributed by atoms with Crippen LogP contribution in [0.15, 0.2) is 18.3 Å². The molecule has 0 spiro atoms. The van der Waals surface area contributed by atoms with Crippen molar-refractivity contribution < 1.29 is 0 Å². The fourth-order valence-corrected chi connectivity index (χ4v) is 1.35. The molecule has 0 saturated carbocycles. The zero-order chi connectivity index (χ0) is 10.1. The quantitative estimate of drug-likeness (QED) is 0.719. The van der Waals surface area contributed by atoms with Crippen LogP contribution in [0.3, 0.4) is 0 Å². The van der Waals surface area contributed by atoms with E-state index in [0.29, 0.717) is 11.6 Å². The van der Waals surface area contributed by atoms with Gasteiger partial charge in [-0.3, -0.25) is 4.68 Å². The zero-order valence-corrected chi connectivity index (χ0v) is 8.10. The molecule has 0 saturated heterocycles. The van der Waals surface area contributed by atoms with Crippen LogP contribution in [0.2, 0.25) is 0 Å². The molecule has 2 aromatic heterocycles. The molecule has 0 aliphatic heterocycles. The van der Waals surface area contributed by atoms with E-state index in [1.54, 1.807) is 16.9 Å². The third-order valence-electron chi connectivity index (χ3n) is 1.94. The van der Waals surface area contributed by atoms with E-state index in [1.165, 1.54) is 0 Å². The van der Waals surface area contributed by atoms with Crippen molar-refractivity contribution in [2.75, 3.05) is 5.73 Å². The molecule has 0 aromatic carbocycles. The molecule has 72 valence electrons. The average molecular weight is 189 g/mol. The van der Waals surface area contributed by atoms with Gasteiger partial charge in [-0.1, -0.05) is 0 Å². The monoisotopic (exact) mass is 189 g/mol.